The molecule has 0 aliphatic rings. The normalized spacial score (nSPS) is 12.1. The minimum absolute atomic E-state index is 0.0104. The smallest absolute Gasteiger partial charge is 0.146 e. The van der Waals surface area contributed by atoms with Crippen molar-refractivity contribution in [2.24, 2.45) is 0 Å². The van der Waals surface area contributed by atoms with Crippen LogP contribution in [0.4, 0.5) is 21.5 Å². The number of nitrogens with zero attached hydrogens (tertiary/aromatic N) is 10. The van der Waals surface area contributed by atoms with Crippen LogP contribution in [0.2, 0.25) is 0 Å². The standard InChI is InChI=1S/C22H24N4.C20H19FN4.C20H20N4/c1-22(2,3)20-11-15-9-10-26(19(15)14-23-20)21-12-17-16(13-24-21)7-6-8-18(17)25(4)5;1-20(2,3)17-8-12-6-7-25(16(12)11-23-17)18-9-14-13(10-24-18)4-5-15(21)19(14)22;1-20(2,3)18-9-13-7-8-24(17(13)12-22-18)19-10-15-14(11-23-19)5-4-6-16(15)21/h6-14H,1-5H3;4-11H,22H2,1-3H3;4-12H,21H2,1-3H3. The lowest BCUT2D eigenvalue weighted by Crippen LogP contribution is -2.13. The summed E-state index contributed by atoms with van der Waals surface area (Å²) >= 11 is 0. The Morgan fingerprint density at radius 2 is 0.800 bits per heavy atom. The number of hydrogen-bond donors (Lipinski definition) is 2. The Hall–Kier alpha value is -8.71. The summed E-state index contributed by atoms with van der Waals surface area (Å²) < 4.78 is 19.9. The molecule has 0 spiro atoms. The van der Waals surface area contributed by atoms with Crippen molar-refractivity contribution in [3.05, 3.63) is 182 Å². The van der Waals surface area contributed by atoms with Gasteiger partial charge < -0.3 is 16.4 Å². The van der Waals surface area contributed by atoms with Crippen LogP contribution < -0.4 is 16.4 Å². The van der Waals surface area contributed by atoms with Crippen molar-refractivity contribution in [3.63, 3.8) is 0 Å². The van der Waals surface area contributed by atoms with Gasteiger partial charge in [0.25, 0.3) is 0 Å². The van der Waals surface area contributed by atoms with Gasteiger partial charge in [0.15, 0.2) is 0 Å². The van der Waals surface area contributed by atoms with Crippen molar-refractivity contribution < 1.29 is 4.39 Å². The molecule has 13 heteroatoms. The topological polar surface area (TPSA) is 147 Å². The third kappa shape index (κ3) is 9.81. The Bertz CT molecular complexity index is 4100. The molecule has 0 atom stereocenters. The van der Waals surface area contributed by atoms with E-state index >= 15 is 0 Å². The minimum atomic E-state index is -0.418. The fourth-order valence-electron chi connectivity index (χ4n) is 9.24. The highest BCUT2D eigenvalue weighted by atomic mass is 19.1. The number of nitrogens with two attached hydrogens (primary N) is 2. The number of pyridine rings is 6. The van der Waals surface area contributed by atoms with Crippen LogP contribution >= 0.6 is 0 Å². The average molecular weight is 995 g/mol. The highest BCUT2D eigenvalue weighted by molar-refractivity contribution is 5.96. The van der Waals surface area contributed by atoms with Crippen LogP contribution in [-0.2, 0) is 16.2 Å². The number of anilines is 3. The zero-order chi connectivity index (χ0) is 53.1. The summed E-state index contributed by atoms with van der Waals surface area (Å²) in [5.41, 5.74) is 20.5. The predicted molar refractivity (Wildman–Crippen MR) is 308 cm³/mol. The lowest BCUT2D eigenvalue weighted by molar-refractivity contribution is 0.570. The summed E-state index contributed by atoms with van der Waals surface area (Å²) in [6, 6.07) is 33.9. The van der Waals surface area contributed by atoms with Gasteiger partial charge in [-0.05, 0) is 78.9 Å². The second-order valence-electron chi connectivity index (χ2n) is 22.5. The first-order valence-electron chi connectivity index (χ1n) is 25.1. The molecule has 0 amide bonds. The first kappa shape index (κ1) is 49.9. The van der Waals surface area contributed by atoms with Crippen LogP contribution in [0.5, 0.6) is 0 Å². The number of fused-ring (bicyclic) bond motifs is 6. The zero-order valence-electron chi connectivity index (χ0n) is 44.5. The Morgan fingerprint density at radius 1 is 0.413 bits per heavy atom. The van der Waals surface area contributed by atoms with E-state index in [9.17, 15) is 4.39 Å². The molecule has 0 aliphatic carbocycles. The number of benzene rings is 3. The van der Waals surface area contributed by atoms with Gasteiger partial charge in [-0.3, -0.25) is 28.7 Å². The number of hydrogen-bond acceptors (Lipinski definition) is 9. The summed E-state index contributed by atoms with van der Waals surface area (Å²) in [6.07, 6.45) is 17.3. The van der Waals surface area contributed by atoms with E-state index in [1.54, 1.807) is 12.3 Å². The van der Waals surface area contributed by atoms with Crippen LogP contribution in [0.25, 0.3) is 82.5 Å². The molecule has 0 aliphatic heterocycles. The van der Waals surface area contributed by atoms with Crippen molar-refractivity contribution in [1.82, 2.24) is 43.6 Å². The molecule has 12 aromatic rings. The lowest BCUT2D eigenvalue weighted by atomic mass is 9.91. The zero-order valence-corrected chi connectivity index (χ0v) is 44.5. The van der Waals surface area contributed by atoms with Gasteiger partial charge in [0.05, 0.1) is 40.8 Å². The first-order chi connectivity index (χ1) is 35.6. The van der Waals surface area contributed by atoms with E-state index in [2.05, 4.69) is 181 Å². The van der Waals surface area contributed by atoms with Crippen LogP contribution in [-0.4, -0.2) is 57.7 Å². The van der Waals surface area contributed by atoms with Crippen LogP contribution in [0, 0.1) is 5.82 Å². The fraction of sp³-hybridized carbons (Fsp3) is 0.226. The quantitative estimate of drug-likeness (QED) is 0.164. The molecule has 0 fully saturated rings. The molecule has 12 rings (SSSR count). The van der Waals surface area contributed by atoms with Gasteiger partial charge in [-0.2, -0.15) is 0 Å². The van der Waals surface area contributed by atoms with E-state index in [-0.39, 0.29) is 21.9 Å². The van der Waals surface area contributed by atoms with Crippen molar-refractivity contribution in [1.29, 1.82) is 0 Å². The summed E-state index contributed by atoms with van der Waals surface area (Å²) in [5.74, 6) is 2.02. The Kier molecular flexibility index (Phi) is 12.6. The van der Waals surface area contributed by atoms with Gasteiger partial charge >= 0.3 is 0 Å². The molecule has 0 radical (unpaired) electrons. The monoisotopic (exact) mass is 995 g/mol. The summed E-state index contributed by atoms with van der Waals surface area (Å²) in [7, 11) is 4.13. The lowest BCUT2D eigenvalue weighted by Gasteiger charge is -2.18. The predicted octanol–water partition coefficient (Wildman–Crippen LogP) is 14.0. The molecular weight excluding hydrogens is 932 g/mol. The highest BCUT2D eigenvalue weighted by Crippen LogP contribution is 2.33. The molecule has 378 valence electrons. The highest BCUT2D eigenvalue weighted by Gasteiger charge is 2.20. The third-order valence-corrected chi connectivity index (χ3v) is 13.6. The van der Waals surface area contributed by atoms with Crippen molar-refractivity contribution in [3.8, 4) is 17.5 Å². The molecule has 12 nitrogen and oxygen atoms in total. The van der Waals surface area contributed by atoms with Crippen LogP contribution in [0.3, 0.4) is 0 Å². The number of aromatic nitrogens is 9. The van der Waals surface area contributed by atoms with E-state index in [0.29, 0.717) is 11.2 Å². The van der Waals surface area contributed by atoms with Gasteiger partial charge in [0.2, 0.25) is 0 Å². The van der Waals surface area contributed by atoms with E-state index < -0.39 is 5.82 Å². The number of rotatable bonds is 4. The SMILES string of the molecule is CC(C)(C)c1cc2ccn(-c3cc4c(N)c(F)ccc4cn3)c2cn1.CC(C)(C)c1cc2ccn(-c3cc4c(N)cccc4cn3)c2cn1.CN(C)c1cccc2cnc(-n3ccc4cc(C(C)(C)C)ncc43)cc12. The van der Waals surface area contributed by atoms with E-state index in [0.717, 1.165) is 83.3 Å². The molecule has 4 N–H and O–H groups in total. The maximum absolute atomic E-state index is 13.8. The van der Waals surface area contributed by atoms with Crippen molar-refractivity contribution in [2.45, 2.75) is 78.6 Å². The van der Waals surface area contributed by atoms with Gasteiger partial charge in [0, 0.05) is 144 Å². The number of halogens is 1. The maximum Gasteiger partial charge on any atom is 0.146 e. The van der Waals surface area contributed by atoms with Gasteiger partial charge in [-0.15, -0.1) is 0 Å². The summed E-state index contributed by atoms with van der Waals surface area (Å²) in [6.45, 7) is 19.5. The average Bonchev–Trinajstić information content (AvgIpc) is 4.14. The maximum atomic E-state index is 13.8. The first-order valence-corrected chi connectivity index (χ1v) is 25.1. The molecule has 3 aromatic carbocycles. The van der Waals surface area contributed by atoms with Crippen molar-refractivity contribution >= 4 is 82.1 Å². The molecule has 0 bridgehead atoms. The Labute approximate surface area is 436 Å². The van der Waals surface area contributed by atoms with Crippen LogP contribution in [0.15, 0.2) is 159 Å². The largest absolute Gasteiger partial charge is 0.398 e. The Balaban J connectivity index is 0.000000128. The van der Waals surface area contributed by atoms with Gasteiger partial charge in [-0.25, -0.2) is 19.3 Å². The van der Waals surface area contributed by atoms with E-state index in [4.69, 9.17) is 11.5 Å². The molecule has 0 unspecified atom stereocenters. The Morgan fingerprint density at radius 3 is 1.23 bits per heavy atom. The molecular formula is C62H63FN12. The van der Waals surface area contributed by atoms with Crippen LogP contribution in [0.1, 0.15) is 79.4 Å². The molecule has 9 heterocycles. The fourth-order valence-corrected chi connectivity index (χ4v) is 9.24. The third-order valence-electron chi connectivity index (χ3n) is 13.6. The summed E-state index contributed by atoms with van der Waals surface area (Å²) in [5, 5.41) is 9.32. The second kappa shape index (κ2) is 19.0. The molecule has 0 saturated carbocycles. The second-order valence-corrected chi connectivity index (χ2v) is 22.5. The number of nitrogen functional groups attached to an aromatic ring is 2. The minimum Gasteiger partial charge on any atom is -0.398 e. The van der Waals surface area contributed by atoms with Gasteiger partial charge in [0.1, 0.15) is 23.3 Å². The molecule has 9 aromatic heterocycles. The van der Waals surface area contributed by atoms with E-state index in [1.165, 1.54) is 22.5 Å². The molecule has 75 heavy (non-hydrogen) atoms. The van der Waals surface area contributed by atoms with E-state index in [1.807, 2.05) is 84.3 Å². The summed E-state index contributed by atoms with van der Waals surface area (Å²) in [4.78, 5) is 29.8. The van der Waals surface area contributed by atoms with Crippen molar-refractivity contribution in [2.75, 3.05) is 30.5 Å². The van der Waals surface area contributed by atoms with Gasteiger partial charge in [-0.1, -0.05) is 86.6 Å². The molecule has 0 saturated heterocycles.